The highest BCUT2D eigenvalue weighted by Crippen LogP contribution is 2.38. The van der Waals surface area contributed by atoms with E-state index in [9.17, 15) is 4.79 Å². The summed E-state index contributed by atoms with van der Waals surface area (Å²) in [7, 11) is 0. The standard InChI is InChI=1S/C10H13NO2/c1-2-7-13-9(12)10(8-11)5-3-4-6-10/h2H,1,3-7H2. The van der Waals surface area contributed by atoms with Crippen molar-refractivity contribution in [2.45, 2.75) is 25.7 Å². The van der Waals surface area contributed by atoms with Crippen molar-refractivity contribution >= 4 is 5.97 Å². The molecule has 0 unspecified atom stereocenters. The number of carbonyl (C=O) groups excluding carboxylic acids is 1. The van der Waals surface area contributed by atoms with Gasteiger partial charge in [0.1, 0.15) is 6.61 Å². The van der Waals surface area contributed by atoms with E-state index in [4.69, 9.17) is 10.00 Å². The minimum Gasteiger partial charge on any atom is -0.460 e. The fraction of sp³-hybridized carbons (Fsp3) is 0.600. The van der Waals surface area contributed by atoms with Gasteiger partial charge in [-0.1, -0.05) is 25.5 Å². The van der Waals surface area contributed by atoms with Gasteiger partial charge in [0, 0.05) is 0 Å². The highest BCUT2D eigenvalue weighted by Gasteiger charge is 2.42. The van der Waals surface area contributed by atoms with Crippen LogP contribution in [0.15, 0.2) is 12.7 Å². The second kappa shape index (κ2) is 4.08. The van der Waals surface area contributed by atoms with Crippen LogP contribution in [0.3, 0.4) is 0 Å². The summed E-state index contributed by atoms with van der Waals surface area (Å²) in [4.78, 5) is 11.5. The van der Waals surface area contributed by atoms with Crippen LogP contribution >= 0.6 is 0 Å². The Morgan fingerprint density at radius 3 is 2.69 bits per heavy atom. The Balaban J connectivity index is 2.61. The van der Waals surface area contributed by atoms with Crippen molar-refractivity contribution in [2.24, 2.45) is 5.41 Å². The number of ether oxygens (including phenoxy) is 1. The van der Waals surface area contributed by atoms with E-state index in [0.717, 1.165) is 12.8 Å². The maximum atomic E-state index is 11.5. The fourth-order valence-corrected chi connectivity index (χ4v) is 1.61. The van der Waals surface area contributed by atoms with E-state index in [0.29, 0.717) is 12.8 Å². The van der Waals surface area contributed by atoms with Crippen LogP contribution in [0, 0.1) is 16.7 Å². The second-order valence-corrected chi connectivity index (χ2v) is 3.29. The Kier molecular flexibility index (Phi) is 3.07. The Hall–Kier alpha value is -1.30. The zero-order valence-electron chi connectivity index (χ0n) is 7.58. The minimum atomic E-state index is -0.858. The summed E-state index contributed by atoms with van der Waals surface area (Å²) in [6.45, 7) is 3.64. The van der Waals surface area contributed by atoms with Gasteiger partial charge in [0.05, 0.1) is 6.07 Å². The van der Waals surface area contributed by atoms with Crippen LogP contribution in [0.1, 0.15) is 25.7 Å². The molecule has 0 aliphatic heterocycles. The molecule has 0 atom stereocenters. The van der Waals surface area contributed by atoms with E-state index >= 15 is 0 Å². The normalized spacial score (nSPS) is 19.0. The Morgan fingerprint density at radius 2 is 2.23 bits per heavy atom. The van der Waals surface area contributed by atoms with E-state index in [1.807, 2.05) is 0 Å². The van der Waals surface area contributed by atoms with Gasteiger partial charge in [0.2, 0.25) is 0 Å². The lowest BCUT2D eigenvalue weighted by atomic mass is 9.88. The van der Waals surface area contributed by atoms with E-state index < -0.39 is 5.41 Å². The van der Waals surface area contributed by atoms with Crippen LogP contribution in [0.5, 0.6) is 0 Å². The van der Waals surface area contributed by atoms with Crippen LogP contribution in [0.25, 0.3) is 0 Å². The molecule has 0 heterocycles. The first-order valence-electron chi connectivity index (χ1n) is 4.44. The average Bonchev–Trinajstić information content (AvgIpc) is 2.63. The van der Waals surface area contributed by atoms with Crippen molar-refractivity contribution in [3.05, 3.63) is 12.7 Å². The average molecular weight is 179 g/mol. The summed E-state index contributed by atoms with van der Waals surface area (Å²) >= 11 is 0. The topological polar surface area (TPSA) is 50.1 Å². The van der Waals surface area contributed by atoms with E-state index in [-0.39, 0.29) is 12.6 Å². The molecule has 0 bridgehead atoms. The third-order valence-corrected chi connectivity index (χ3v) is 2.39. The molecule has 0 radical (unpaired) electrons. The molecule has 0 saturated heterocycles. The molecule has 0 spiro atoms. The van der Waals surface area contributed by atoms with E-state index in [1.54, 1.807) is 0 Å². The molecule has 0 aromatic rings. The molecule has 1 aliphatic carbocycles. The molecule has 1 saturated carbocycles. The van der Waals surface area contributed by atoms with Crippen LogP contribution in [-0.4, -0.2) is 12.6 Å². The molecule has 3 nitrogen and oxygen atoms in total. The van der Waals surface area contributed by atoms with Gasteiger partial charge in [-0.15, -0.1) is 0 Å². The van der Waals surface area contributed by atoms with Crippen LogP contribution < -0.4 is 0 Å². The first-order valence-corrected chi connectivity index (χ1v) is 4.44. The van der Waals surface area contributed by atoms with Crippen LogP contribution in [-0.2, 0) is 9.53 Å². The summed E-state index contributed by atoms with van der Waals surface area (Å²) in [5.41, 5.74) is -0.858. The predicted molar refractivity (Wildman–Crippen MR) is 47.7 cm³/mol. The lowest BCUT2D eigenvalue weighted by molar-refractivity contribution is -0.150. The van der Waals surface area contributed by atoms with Crippen LogP contribution in [0.2, 0.25) is 0 Å². The molecule has 1 fully saturated rings. The first kappa shape index (κ1) is 9.79. The van der Waals surface area contributed by atoms with Gasteiger partial charge >= 0.3 is 5.97 Å². The van der Waals surface area contributed by atoms with E-state index in [1.165, 1.54) is 6.08 Å². The monoisotopic (exact) mass is 179 g/mol. The molecular weight excluding hydrogens is 166 g/mol. The number of hydrogen-bond acceptors (Lipinski definition) is 3. The van der Waals surface area contributed by atoms with Crippen LogP contribution in [0.4, 0.5) is 0 Å². The molecular formula is C10H13NO2. The minimum absolute atomic E-state index is 0.197. The molecule has 70 valence electrons. The summed E-state index contributed by atoms with van der Waals surface area (Å²) in [5.74, 6) is -0.382. The van der Waals surface area contributed by atoms with Crippen molar-refractivity contribution < 1.29 is 9.53 Å². The maximum Gasteiger partial charge on any atom is 0.326 e. The Labute approximate surface area is 78.0 Å². The number of hydrogen-bond donors (Lipinski definition) is 0. The second-order valence-electron chi connectivity index (χ2n) is 3.29. The zero-order valence-corrected chi connectivity index (χ0v) is 7.58. The highest BCUT2D eigenvalue weighted by molar-refractivity contribution is 5.80. The van der Waals surface area contributed by atoms with E-state index in [2.05, 4.69) is 12.6 Å². The van der Waals surface area contributed by atoms with Gasteiger partial charge in [-0.3, -0.25) is 4.79 Å². The smallest absolute Gasteiger partial charge is 0.326 e. The van der Waals surface area contributed by atoms with Gasteiger partial charge in [-0.2, -0.15) is 5.26 Å². The molecule has 1 rings (SSSR count). The Bertz CT molecular complexity index is 246. The molecule has 13 heavy (non-hydrogen) atoms. The van der Waals surface area contributed by atoms with Gasteiger partial charge < -0.3 is 4.74 Å². The lowest BCUT2D eigenvalue weighted by Gasteiger charge is -2.17. The van der Waals surface area contributed by atoms with Gasteiger partial charge in [-0.25, -0.2) is 0 Å². The Morgan fingerprint density at radius 1 is 1.62 bits per heavy atom. The first-order chi connectivity index (χ1) is 6.25. The van der Waals surface area contributed by atoms with Crippen molar-refractivity contribution in [2.75, 3.05) is 6.61 Å². The van der Waals surface area contributed by atoms with Gasteiger partial charge in [-0.05, 0) is 12.8 Å². The number of rotatable bonds is 3. The zero-order chi connectivity index (χ0) is 9.73. The highest BCUT2D eigenvalue weighted by atomic mass is 16.5. The largest absolute Gasteiger partial charge is 0.460 e. The number of nitrogens with zero attached hydrogens (tertiary/aromatic N) is 1. The third-order valence-electron chi connectivity index (χ3n) is 2.39. The molecule has 0 aromatic heterocycles. The molecule has 0 amide bonds. The van der Waals surface area contributed by atoms with Crippen molar-refractivity contribution in [3.8, 4) is 6.07 Å². The summed E-state index contributed by atoms with van der Waals surface area (Å²) in [6.07, 6.45) is 4.67. The predicted octanol–water partition coefficient (Wildman–Crippen LogP) is 1.80. The third kappa shape index (κ3) is 1.89. The quantitative estimate of drug-likeness (QED) is 0.490. The number of nitriles is 1. The summed E-state index contributed by atoms with van der Waals surface area (Å²) in [6, 6.07) is 2.08. The molecule has 3 heteroatoms. The number of esters is 1. The van der Waals surface area contributed by atoms with Crippen molar-refractivity contribution in [1.82, 2.24) is 0 Å². The van der Waals surface area contributed by atoms with Gasteiger partial charge in [0.15, 0.2) is 5.41 Å². The van der Waals surface area contributed by atoms with Crippen molar-refractivity contribution in [3.63, 3.8) is 0 Å². The van der Waals surface area contributed by atoms with Crippen molar-refractivity contribution in [1.29, 1.82) is 5.26 Å². The SMILES string of the molecule is C=CCOC(=O)C1(C#N)CCCC1. The summed E-state index contributed by atoms with van der Waals surface area (Å²) in [5, 5.41) is 8.91. The van der Waals surface area contributed by atoms with Gasteiger partial charge in [0.25, 0.3) is 0 Å². The summed E-state index contributed by atoms with van der Waals surface area (Å²) < 4.78 is 4.89. The maximum absolute atomic E-state index is 11.5. The molecule has 1 aliphatic rings. The molecule has 0 aromatic carbocycles. The lowest BCUT2D eigenvalue weighted by Crippen LogP contribution is -2.28. The molecule has 0 N–H and O–H groups in total. The number of carbonyl (C=O) groups is 1. The fourth-order valence-electron chi connectivity index (χ4n) is 1.61.